The van der Waals surface area contributed by atoms with Crippen LogP contribution in [-0.2, 0) is 24.2 Å². The van der Waals surface area contributed by atoms with Gasteiger partial charge in [0, 0.05) is 16.8 Å². The summed E-state index contributed by atoms with van der Waals surface area (Å²) in [6, 6.07) is 7.45. The third kappa shape index (κ3) is 5.96. The number of carbonyl (C=O) groups excluding carboxylic acids is 2. The van der Waals surface area contributed by atoms with Crippen LogP contribution in [0.1, 0.15) is 79.6 Å². The van der Waals surface area contributed by atoms with Crippen molar-refractivity contribution < 1.29 is 14.4 Å². The summed E-state index contributed by atoms with van der Waals surface area (Å²) in [5.74, 6) is -0.535. The van der Waals surface area contributed by atoms with E-state index in [4.69, 9.17) is 16.4 Å². The molecular weight excluding hydrogens is 374 g/mol. The Kier molecular flexibility index (Phi) is 9.29. The zero-order valence-corrected chi connectivity index (χ0v) is 17.6. The average Bonchev–Trinajstić information content (AvgIpc) is 3.04. The zero-order valence-electron chi connectivity index (χ0n) is 16.9. The molecule has 0 aliphatic carbocycles. The number of hydrogen-bond donors (Lipinski definition) is 0. The Bertz CT molecular complexity index is 782. The second kappa shape index (κ2) is 11.7. The van der Waals surface area contributed by atoms with E-state index >= 15 is 0 Å². The van der Waals surface area contributed by atoms with E-state index in [2.05, 4.69) is 13.8 Å². The lowest BCUT2D eigenvalue weighted by Gasteiger charge is -2.11. The molecule has 0 N–H and O–H groups in total. The quantitative estimate of drug-likeness (QED) is 0.189. The van der Waals surface area contributed by atoms with Crippen LogP contribution in [0.2, 0.25) is 5.02 Å². The van der Waals surface area contributed by atoms with Crippen molar-refractivity contribution in [2.75, 3.05) is 0 Å². The van der Waals surface area contributed by atoms with Gasteiger partial charge < -0.3 is 4.84 Å². The Morgan fingerprint density at radius 3 is 2.36 bits per heavy atom. The van der Waals surface area contributed by atoms with Gasteiger partial charge in [-0.05, 0) is 42.9 Å². The van der Waals surface area contributed by atoms with Gasteiger partial charge in [-0.25, -0.2) is 0 Å². The van der Waals surface area contributed by atoms with Crippen molar-refractivity contribution in [3.63, 3.8) is 0 Å². The van der Waals surface area contributed by atoms with E-state index < -0.39 is 5.78 Å². The number of carbonyl (C=O) groups is 2. The summed E-state index contributed by atoms with van der Waals surface area (Å²) in [6.45, 7) is 4.55. The maximum absolute atomic E-state index is 12.4. The molecule has 0 saturated heterocycles. The first-order valence-electron chi connectivity index (χ1n) is 10.2. The number of halogens is 1. The maximum Gasteiger partial charge on any atom is 0.245 e. The Morgan fingerprint density at radius 1 is 1.04 bits per heavy atom. The van der Waals surface area contributed by atoms with E-state index in [1.165, 1.54) is 4.73 Å². The van der Waals surface area contributed by atoms with Gasteiger partial charge in [0.25, 0.3) is 0 Å². The van der Waals surface area contributed by atoms with Crippen molar-refractivity contribution in [2.45, 2.75) is 71.8 Å². The Hall–Kier alpha value is -2.07. The summed E-state index contributed by atoms with van der Waals surface area (Å²) < 4.78 is 1.49. The number of Topliss-reactive ketones (excluding diaryl/α,β-unsaturated/α-hetero) is 1. The summed E-state index contributed by atoms with van der Waals surface area (Å²) in [5.41, 5.74) is 3.27. The van der Waals surface area contributed by atoms with Gasteiger partial charge in [0.15, 0.2) is 6.29 Å². The monoisotopic (exact) mass is 403 g/mol. The van der Waals surface area contributed by atoms with Gasteiger partial charge in [-0.1, -0.05) is 69.3 Å². The molecule has 2 aromatic rings. The minimum Gasteiger partial charge on any atom is -0.409 e. The lowest BCUT2D eigenvalue weighted by molar-refractivity contribution is -0.104. The fourth-order valence-electron chi connectivity index (χ4n) is 3.35. The van der Waals surface area contributed by atoms with Crippen LogP contribution in [-0.4, -0.2) is 16.8 Å². The molecule has 0 unspecified atom stereocenters. The first-order chi connectivity index (χ1) is 13.6. The maximum atomic E-state index is 12.4. The van der Waals surface area contributed by atoms with Gasteiger partial charge in [0.05, 0.1) is 0 Å². The number of ketones is 1. The summed E-state index contributed by atoms with van der Waals surface area (Å²) >= 11 is 6.21. The first kappa shape index (κ1) is 22.2. The highest BCUT2D eigenvalue weighted by molar-refractivity contribution is 6.33. The van der Waals surface area contributed by atoms with Crippen molar-refractivity contribution in [3.8, 4) is 0 Å². The van der Waals surface area contributed by atoms with Crippen molar-refractivity contribution in [1.82, 2.24) is 4.73 Å². The molecule has 0 aliphatic heterocycles. The number of rotatable bonds is 13. The predicted octanol–water partition coefficient (Wildman–Crippen LogP) is 5.62. The lowest BCUT2D eigenvalue weighted by Crippen LogP contribution is -2.18. The van der Waals surface area contributed by atoms with Gasteiger partial charge in [0.2, 0.25) is 5.78 Å². The van der Waals surface area contributed by atoms with Crippen molar-refractivity contribution in [2.24, 2.45) is 0 Å². The number of aromatic nitrogens is 1. The largest absolute Gasteiger partial charge is 0.409 e. The molecule has 0 radical (unpaired) electrons. The highest BCUT2D eigenvalue weighted by Gasteiger charge is 2.22. The minimum absolute atomic E-state index is 0.232. The molecule has 0 spiro atoms. The molecule has 1 heterocycles. The molecule has 0 amide bonds. The van der Waals surface area contributed by atoms with E-state index in [1.54, 1.807) is 6.07 Å². The van der Waals surface area contributed by atoms with E-state index in [9.17, 15) is 9.59 Å². The van der Waals surface area contributed by atoms with Crippen molar-refractivity contribution in [3.05, 3.63) is 57.9 Å². The number of unbranched alkanes of at least 4 members (excludes halogenated alkanes) is 4. The fraction of sp³-hybridized carbons (Fsp3) is 0.478. The predicted molar refractivity (Wildman–Crippen MR) is 113 cm³/mol. The SMILES string of the molecule is CCCCCc1cn(OCc2ccccc2Cl)c(C(=O)C=O)c1CCCCC. The molecule has 152 valence electrons. The Morgan fingerprint density at radius 2 is 1.71 bits per heavy atom. The van der Waals surface area contributed by atoms with Crippen LogP contribution in [0.4, 0.5) is 0 Å². The number of aryl methyl sites for hydroxylation is 1. The Labute approximate surface area is 172 Å². The van der Waals surface area contributed by atoms with Gasteiger partial charge in [-0.2, -0.15) is 4.73 Å². The molecular formula is C23H30ClNO3. The smallest absolute Gasteiger partial charge is 0.245 e. The number of benzene rings is 1. The summed E-state index contributed by atoms with van der Waals surface area (Å²) in [5, 5.41) is 0.615. The van der Waals surface area contributed by atoms with Crippen LogP contribution in [0.3, 0.4) is 0 Å². The standard InChI is InChI=1S/C23H30ClNO3/c1-3-5-7-11-18-15-25(28-17-19-12-9-10-14-21(19)24)23(22(27)16-26)20(18)13-8-6-4-2/h9-10,12,14-16H,3-8,11,13,17H2,1-2H3. The van der Waals surface area contributed by atoms with Crippen LogP contribution >= 0.6 is 11.6 Å². The molecule has 0 atom stereocenters. The summed E-state index contributed by atoms with van der Waals surface area (Å²) in [7, 11) is 0. The molecule has 0 bridgehead atoms. The lowest BCUT2D eigenvalue weighted by atomic mass is 9.98. The van der Waals surface area contributed by atoms with E-state index in [0.717, 1.165) is 68.1 Å². The molecule has 2 rings (SSSR count). The molecule has 1 aromatic carbocycles. The third-order valence-corrected chi connectivity index (χ3v) is 5.27. The highest BCUT2D eigenvalue weighted by Crippen LogP contribution is 2.23. The van der Waals surface area contributed by atoms with Crippen LogP contribution in [0.25, 0.3) is 0 Å². The fourth-order valence-corrected chi connectivity index (χ4v) is 3.54. The molecule has 4 nitrogen and oxygen atoms in total. The molecule has 0 aliphatic rings. The van der Waals surface area contributed by atoms with Crippen LogP contribution < -0.4 is 4.84 Å². The zero-order chi connectivity index (χ0) is 20.4. The third-order valence-electron chi connectivity index (χ3n) is 4.90. The van der Waals surface area contributed by atoms with E-state index in [1.807, 2.05) is 24.4 Å². The number of hydrogen-bond acceptors (Lipinski definition) is 3. The molecule has 0 fully saturated rings. The van der Waals surface area contributed by atoms with Crippen LogP contribution in [0, 0.1) is 0 Å². The Balaban J connectivity index is 2.32. The van der Waals surface area contributed by atoms with Crippen molar-refractivity contribution in [1.29, 1.82) is 0 Å². The minimum atomic E-state index is -0.535. The topological polar surface area (TPSA) is 48.3 Å². The second-order valence-corrected chi connectivity index (χ2v) is 7.48. The van der Waals surface area contributed by atoms with Crippen molar-refractivity contribution >= 4 is 23.7 Å². The van der Waals surface area contributed by atoms with Gasteiger partial charge in [-0.3, -0.25) is 9.59 Å². The molecule has 0 saturated carbocycles. The van der Waals surface area contributed by atoms with Gasteiger partial charge >= 0.3 is 0 Å². The summed E-state index contributed by atoms with van der Waals surface area (Å²) in [4.78, 5) is 29.6. The number of nitrogens with zero attached hydrogens (tertiary/aromatic N) is 1. The molecule has 5 heteroatoms. The van der Waals surface area contributed by atoms with Gasteiger partial charge in [0.1, 0.15) is 12.3 Å². The molecule has 1 aromatic heterocycles. The van der Waals surface area contributed by atoms with E-state index in [-0.39, 0.29) is 6.61 Å². The summed E-state index contributed by atoms with van der Waals surface area (Å²) in [6.07, 6.45) is 10.4. The molecule has 28 heavy (non-hydrogen) atoms. The van der Waals surface area contributed by atoms with Crippen LogP contribution in [0.5, 0.6) is 0 Å². The van der Waals surface area contributed by atoms with E-state index in [0.29, 0.717) is 17.0 Å². The second-order valence-electron chi connectivity index (χ2n) is 7.07. The normalized spacial score (nSPS) is 10.8. The van der Waals surface area contributed by atoms with Crippen LogP contribution in [0.15, 0.2) is 30.5 Å². The van der Waals surface area contributed by atoms with Gasteiger partial charge in [-0.15, -0.1) is 0 Å². The average molecular weight is 404 g/mol. The first-order valence-corrected chi connectivity index (χ1v) is 10.6. The highest BCUT2D eigenvalue weighted by atomic mass is 35.5. The number of aldehydes is 1.